The van der Waals surface area contributed by atoms with Crippen molar-refractivity contribution in [2.24, 2.45) is 0 Å². The van der Waals surface area contributed by atoms with Crippen molar-refractivity contribution < 1.29 is 13.5 Å². The number of rotatable bonds is 5. The van der Waals surface area contributed by atoms with Crippen LogP contribution in [-0.4, -0.2) is 26.2 Å². The Bertz CT molecular complexity index is 524. The SMILES string of the molecule is Cc1cc(N)cc(S(=O)(=O)NCCC(C)O)c1C. The number of aliphatic hydroxyl groups is 1. The molecule has 0 fully saturated rings. The predicted octanol–water partition coefficient (Wildman–Crippen LogP) is 0.935. The summed E-state index contributed by atoms with van der Waals surface area (Å²) in [5.41, 5.74) is 7.62. The lowest BCUT2D eigenvalue weighted by molar-refractivity contribution is 0.186. The Labute approximate surface area is 108 Å². The highest BCUT2D eigenvalue weighted by molar-refractivity contribution is 7.89. The summed E-state index contributed by atoms with van der Waals surface area (Å²) in [7, 11) is -3.57. The molecule has 1 aromatic rings. The van der Waals surface area contributed by atoms with Crippen LogP contribution in [-0.2, 0) is 10.0 Å². The first-order valence-electron chi connectivity index (χ1n) is 5.78. The van der Waals surface area contributed by atoms with Crippen molar-refractivity contribution >= 4 is 15.7 Å². The molecule has 0 saturated carbocycles. The molecule has 5 nitrogen and oxygen atoms in total. The van der Waals surface area contributed by atoms with Crippen molar-refractivity contribution in [1.82, 2.24) is 4.72 Å². The van der Waals surface area contributed by atoms with Gasteiger partial charge in [-0.1, -0.05) is 0 Å². The van der Waals surface area contributed by atoms with Crippen LogP contribution in [0.1, 0.15) is 24.5 Å². The zero-order valence-electron chi connectivity index (χ0n) is 10.9. The second-order valence-electron chi connectivity index (χ2n) is 4.50. The molecule has 0 radical (unpaired) electrons. The van der Waals surface area contributed by atoms with Crippen LogP contribution in [0, 0.1) is 13.8 Å². The van der Waals surface area contributed by atoms with Gasteiger partial charge in [0, 0.05) is 12.2 Å². The Hall–Kier alpha value is -1.11. The lowest BCUT2D eigenvalue weighted by Gasteiger charge is -2.12. The number of aryl methyl sites for hydroxylation is 1. The first-order valence-corrected chi connectivity index (χ1v) is 7.27. The monoisotopic (exact) mass is 272 g/mol. The molecule has 0 aliphatic carbocycles. The number of nitrogen functional groups attached to an aromatic ring is 1. The van der Waals surface area contributed by atoms with Gasteiger partial charge in [-0.25, -0.2) is 13.1 Å². The van der Waals surface area contributed by atoms with Crippen LogP contribution in [0.2, 0.25) is 0 Å². The molecule has 4 N–H and O–H groups in total. The molecule has 1 unspecified atom stereocenters. The summed E-state index contributed by atoms with van der Waals surface area (Å²) in [6.07, 6.45) is -0.157. The average Bonchev–Trinajstić information content (AvgIpc) is 2.22. The van der Waals surface area contributed by atoms with E-state index in [9.17, 15) is 8.42 Å². The largest absolute Gasteiger partial charge is 0.399 e. The highest BCUT2D eigenvalue weighted by Crippen LogP contribution is 2.22. The smallest absolute Gasteiger partial charge is 0.240 e. The Kier molecular flexibility index (Phi) is 4.72. The molecule has 1 atom stereocenters. The van der Waals surface area contributed by atoms with Crippen molar-refractivity contribution in [3.8, 4) is 0 Å². The Morgan fingerprint density at radius 1 is 1.39 bits per heavy atom. The highest BCUT2D eigenvalue weighted by atomic mass is 32.2. The number of sulfonamides is 1. The fourth-order valence-corrected chi connectivity index (χ4v) is 3.01. The normalized spacial score (nSPS) is 13.6. The van der Waals surface area contributed by atoms with E-state index in [0.29, 0.717) is 17.7 Å². The molecular weight excluding hydrogens is 252 g/mol. The summed E-state index contributed by atoms with van der Waals surface area (Å²) in [6.45, 7) is 5.38. The predicted molar refractivity (Wildman–Crippen MR) is 71.8 cm³/mol. The summed E-state index contributed by atoms with van der Waals surface area (Å²) >= 11 is 0. The van der Waals surface area contributed by atoms with Crippen LogP contribution in [0.15, 0.2) is 17.0 Å². The summed E-state index contributed by atoms with van der Waals surface area (Å²) in [5, 5.41) is 9.11. The Morgan fingerprint density at radius 2 is 2.00 bits per heavy atom. The lowest BCUT2D eigenvalue weighted by atomic mass is 10.1. The molecule has 0 heterocycles. The van der Waals surface area contributed by atoms with Gasteiger partial charge < -0.3 is 10.8 Å². The van der Waals surface area contributed by atoms with E-state index in [2.05, 4.69) is 4.72 Å². The molecule has 0 aromatic heterocycles. The standard InChI is InChI=1S/C12H20N2O3S/c1-8-6-11(13)7-12(10(8)3)18(16,17)14-5-4-9(2)15/h6-7,9,14-15H,4-5,13H2,1-3H3. The fraction of sp³-hybridized carbons (Fsp3) is 0.500. The van der Waals surface area contributed by atoms with Gasteiger partial charge in [0.2, 0.25) is 10.0 Å². The van der Waals surface area contributed by atoms with Gasteiger partial charge in [0.15, 0.2) is 0 Å². The first kappa shape index (κ1) is 14.9. The van der Waals surface area contributed by atoms with Gasteiger partial charge in [-0.2, -0.15) is 0 Å². The molecule has 0 bridgehead atoms. The third-order valence-corrected chi connectivity index (χ3v) is 4.37. The number of nitrogens with two attached hydrogens (primary N) is 1. The van der Waals surface area contributed by atoms with E-state index >= 15 is 0 Å². The maximum atomic E-state index is 12.1. The lowest BCUT2D eigenvalue weighted by Crippen LogP contribution is -2.27. The highest BCUT2D eigenvalue weighted by Gasteiger charge is 2.18. The fourth-order valence-electron chi connectivity index (χ4n) is 1.61. The quantitative estimate of drug-likeness (QED) is 0.695. The molecule has 1 rings (SSSR count). The molecule has 0 amide bonds. The molecule has 102 valence electrons. The minimum atomic E-state index is -3.57. The summed E-state index contributed by atoms with van der Waals surface area (Å²) in [6, 6.07) is 3.19. The Morgan fingerprint density at radius 3 is 2.56 bits per heavy atom. The summed E-state index contributed by atoms with van der Waals surface area (Å²) < 4.78 is 26.6. The van der Waals surface area contributed by atoms with Crippen molar-refractivity contribution in [1.29, 1.82) is 0 Å². The van der Waals surface area contributed by atoms with Gasteiger partial charge in [-0.05, 0) is 50.5 Å². The van der Waals surface area contributed by atoms with E-state index in [1.54, 1.807) is 19.9 Å². The van der Waals surface area contributed by atoms with Crippen molar-refractivity contribution in [2.45, 2.75) is 38.2 Å². The van der Waals surface area contributed by atoms with E-state index in [-0.39, 0.29) is 11.4 Å². The molecule has 0 aliphatic rings. The van der Waals surface area contributed by atoms with Crippen molar-refractivity contribution in [2.75, 3.05) is 12.3 Å². The maximum Gasteiger partial charge on any atom is 0.240 e. The van der Waals surface area contributed by atoms with Crippen LogP contribution in [0.5, 0.6) is 0 Å². The molecule has 1 aromatic carbocycles. The van der Waals surface area contributed by atoms with Crippen molar-refractivity contribution in [3.05, 3.63) is 23.3 Å². The third kappa shape index (κ3) is 3.69. The van der Waals surface area contributed by atoms with Crippen molar-refractivity contribution in [3.63, 3.8) is 0 Å². The topological polar surface area (TPSA) is 92.4 Å². The second-order valence-corrected chi connectivity index (χ2v) is 6.23. The molecule has 18 heavy (non-hydrogen) atoms. The molecular formula is C12H20N2O3S. The van der Waals surface area contributed by atoms with Gasteiger partial charge in [-0.3, -0.25) is 0 Å². The maximum absolute atomic E-state index is 12.1. The number of hydrogen-bond acceptors (Lipinski definition) is 4. The van der Waals surface area contributed by atoms with Gasteiger partial charge in [-0.15, -0.1) is 0 Å². The molecule has 6 heteroatoms. The minimum absolute atomic E-state index is 0.200. The number of nitrogens with one attached hydrogen (secondary N) is 1. The van der Waals surface area contributed by atoms with Gasteiger partial charge >= 0.3 is 0 Å². The molecule has 0 aliphatic heterocycles. The number of anilines is 1. The van der Waals surface area contributed by atoms with Gasteiger partial charge in [0.05, 0.1) is 11.0 Å². The van der Waals surface area contributed by atoms with Crippen LogP contribution < -0.4 is 10.5 Å². The van der Waals surface area contributed by atoms with Gasteiger partial charge in [0.25, 0.3) is 0 Å². The molecule has 0 saturated heterocycles. The van der Waals surface area contributed by atoms with E-state index in [4.69, 9.17) is 10.8 Å². The molecule has 0 spiro atoms. The third-order valence-electron chi connectivity index (χ3n) is 2.79. The van der Waals surface area contributed by atoms with Gasteiger partial charge in [0.1, 0.15) is 0 Å². The van der Waals surface area contributed by atoms with Crippen LogP contribution in [0.3, 0.4) is 0 Å². The van der Waals surface area contributed by atoms with Crippen LogP contribution in [0.4, 0.5) is 5.69 Å². The number of aliphatic hydroxyl groups excluding tert-OH is 1. The zero-order valence-corrected chi connectivity index (χ0v) is 11.7. The minimum Gasteiger partial charge on any atom is -0.399 e. The van der Waals surface area contributed by atoms with E-state index in [1.165, 1.54) is 6.07 Å². The first-order chi connectivity index (χ1) is 8.24. The van der Waals surface area contributed by atoms with Crippen LogP contribution in [0.25, 0.3) is 0 Å². The number of hydrogen-bond donors (Lipinski definition) is 3. The van der Waals surface area contributed by atoms with E-state index in [1.807, 2.05) is 6.92 Å². The summed E-state index contributed by atoms with van der Waals surface area (Å²) in [4.78, 5) is 0.200. The van der Waals surface area contributed by atoms with E-state index in [0.717, 1.165) is 5.56 Å². The average molecular weight is 272 g/mol. The zero-order chi connectivity index (χ0) is 13.9. The number of benzene rings is 1. The van der Waals surface area contributed by atoms with E-state index < -0.39 is 16.1 Å². The second kappa shape index (κ2) is 5.69. The van der Waals surface area contributed by atoms with Crippen LogP contribution >= 0.6 is 0 Å². The summed E-state index contributed by atoms with van der Waals surface area (Å²) in [5.74, 6) is 0. The Balaban J connectivity index is 2.98.